The van der Waals surface area contributed by atoms with Crippen molar-refractivity contribution >= 4 is 5.91 Å². The molecule has 2 saturated heterocycles. The third kappa shape index (κ3) is 3.92. The summed E-state index contributed by atoms with van der Waals surface area (Å²) in [6, 6.07) is 9.20. The zero-order chi connectivity index (χ0) is 16.9. The van der Waals surface area contributed by atoms with E-state index in [1.165, 1.54) is 37.8 Å². The summed E-state index contributed by atoms with van der Waals surface area (Å²) in [6.45, 7) is 2.14. The second kappa shape index (κ2) is 8.02. The summed E-state index contributed by atoms with van der Waals surface area (Å²) in [5.41, 5.74) is 1.28. The largest absolute Gasteiger partial charge is 0.497 e. The average molecular weight is 330 g/mol. The summed E-state index contributed by atoms with van der Waals surface area (Å²) in [5, 5.41) is 0. The quantitative estimate of drug-likeness (QED) is 0.803. The highest BCUT2D eigenvalue weighted by Gasteiger charge is 2.37. The fourth-order valence-electron chi connectivity index (χ4n) is 4.30. The van der Waals surface area contributed by atoms with Gasteiger partial charge < -0.3 is 14.5 Å². The SMILES string of the molecule is COc1ccc(CCCC(=O)N2CCCC2C2CCCN2C)cc1. The van der Waals surface area contributed by atoms with E-state index in [1.54, 1.807) is 7.11 Å². The summed E-state index contributed by atoms with van der Waals surface area (Å²) < 4.78 is 5.18. The molecule has 4 heteroatoms. The van der Waals surface area contributed by atoms with Crippen LogP contribution in [0.2, 0.25) is 0 Å². The molecule has 2 atom stereocenters. The minimum Gasteiger partial charge on any atom is -0.497 e. The molecule has 0 spiro atoms. The summed E-state index contributed by atoms with van der Waals surface area (Å²) in [5.74, 6) is 1.24. The van der Waals surface area contributed by atoms with Crippen LogP contribution >= 0.6 is 0 Å². The predicted molar refractivity (Wildman–Crippen MR) is 96.3 cm³/mol. The number of ether oxygens (including phenoxy) is 1. The monoisotopic (exact) mass is 330 g/mol. The van der Waals surface area contributed by atoms with Gasteiger partial charge in [-0.1, -0.05) is 12.1 Å². The van der Waals surface area contributed by atoms with Gasteiger partial charge >= 0.3 is 0 Å². The minimum absolute atomic E-state index is 0.353. The third-order valence-electron chi connectivity index (χ3n) is 5.66. The lowest BCUT2D eigenvalue weighted by atomic mass is 10.0. The van der Waals surface area contributed by atoms with Gasteiger partial charge in [-0.25, -0.2) is 0 Å². The van der Waals surface area contributed by atoms with Crippen LogP contribution in [-0.2, 0) is 11.2 Å². The maximum Gasteiger partial charge on any atom is 0.222 e. The number of rotatable bonds is 6. The Morgan fingerprint density at radius 2 is 1.83 bits per heavy atom. The van der Waals surface area contributed by atoms with Gasteiger partial charge in [0.05, 0.1) is 7.11 Å². The Bertz CT molecular complexity index is 543. The van der Waals surface area contributed by atoms with Gasteiger partial charge in [-0.05, 0) is 69.8 Å². The van der Waals surface area contributed by atoms with Gasteiger partial charge in [-0.3, -0.25) is 4.79 Å². The number of hydrogen-bond donors (Lipinski definition) is 0. The van der Waals surface area contributed by atoms with Crippen LogP contribution < -0.4 is 4.74 Å². The number of hydrogen-bond acceptors (Lipinski definition) is 3. The van der Waals surface area contributed by atoms with Gasteiger partial charge in [0.1, 0.15) is 5.75 Å². The first-order valence-electron chi connectivity index (χ1n) is 9.31. The van der Waals surface area contributed by atoms with Crippen molar-refractivity contribution in [2.24, 2.45) is 0 Å². The first kappa shape index (κ1) is 17.3. The lowest BCUT2D eigenvalue weighted by molar-refractivity contribution is -0.133. The molecule has 3 rings (SSSR count). The van der Waals surface area contributed by atoms with Crippen LogP contribution in [0.1, 0.15) is 44.1 Å². The van der Waals surface area contributed by atoms with E-state index in [0.29, 0.717) is 24.4 Å². The Hall–Kier alpha value is -1.55. The second-order valence-corrected chi connectivity index (χ2v) is 7.19. The first-order valence-corrected chi connectivity index (χ1v) is 9.31. The fraction of sp³-hybridized carbons (Fsp3) is 0.650. The maximum atomic E-state index is 12.7. The van der Waals surface area contributed by atoms with Crippen LogP contribution in [0.4, 0.5) is 0 Å². The topological polar surface area (TPSA) is 32.8 Å². The van der Waals surface area contributed by atoms with E-state index in [0.717, 1.165) is 25.1 Å². The summed E-state index contributed by atoms with van der Waals surface area (Å²) in [7, 11) is 3.89. The molecular weight excluding hydrogens is 300 g/mol. The number of nitrogens with zero attached hydrogens (tertiary/aromatic N) is 2. The molecule has 4 nitrogen and oxygen atoms in total. The number of amides is 1. The van der Waals surface area contributed by atoms with Gasteiger partial charge in [0.25, 0.3) is 0 Å². The van der Waals surface area contributed by atoms with Crippen molar-refractivity contribution in [1.82, 2.24) is 9.80 Å². The number of carbonyl (C=O) groups is 1. The third-order valence-corrected chi connectivity index (χ3v) is 5.66. The highest BCUT2D eigenvalue weighted by molar-refractivity contribution is 5.77. The van der Waals surface area contributed by atoms with Crippen LogP contribution in [0.3, 0.4) is 0 Å². The van der Waals surface area contributed by atoms with Gasteiger partial charge in [0.2, 0.25) is 5.91 Å². The molecule has 2 aliphatic rings. The Kier molecular flexibility index (Phi) is 5.77. The molecule has 0 N–H and O–H groups in total. The zero-order valence-electron chi connectivity index (χ0n) is 15.0. The van der Waals surface area contributed by atoms with E-state index in [4.69, 9.17) is 4.74 Å². The van der Waals surface area contributed by atoms with Crippen LogP contribution in [-0.4, -0.2) is 55.0 Å². The van der Waals surface area contributed by atoms with E-state index in [1.807, 2.05) is 12.1 Å². The van der Waals surface area contributed by atoms with Crippen LogP contribution in [0.5, 0.6) is 5.75 Å². The van der Waals surface area contributed by atoms with E-state index >= 15 is 0 Å². The molecule has 1 amide bonds. The molecule has 2 aliphatic heterocycles. The molecule has 0 bridgehead atoms. The number of likely N-dealkylation sites (N-methyl/N-ethyl adjacent to an activating group) is 1. The lowest BCUT2D eigenvalue weighted by Gasteiger charge is -2.33. The minimum atomic E-state index is 0.353. The Balaban J connectivity index is 1.48. The molecule has 2 heterocycles. The zero-order valence-corrected chi connectivity index (χ0v) is 15.0. The average Bonchev–Trinajstić information content (AvgIpc) is 3.23. The lowest BCUT2D eigenvalue weighted by Crippen LogP contribution is -2.47. The molecule has 2 unspecified atom stereocenters. The molecule has 1 aromatic carbocycles. The highest BCUT2D eigenvalue weighted by Crippen LogP contribution is 2.29. The molecule has 24 heavy (non-hydrogen) atoms. The number of benzene rings is 1. The molecule has 2 fully saturated rings. The van der Waals surface area contributed by atoms with Crippen molar-refractivity contribution in [1.29, 1.82) is 0 Å². The van der Waals surface area contributed by atoms with Crippen molar-refractivity contribution in [2.75, 3.05) is 27.2 Å². The van der Waals surface area contributed by atoms with E-state index in [-0.39, 0.29) is 0 Å². The summed E-state index contributed by atoms with van der Waals surface area (Å²) in [4.78, 5) is 17.3. The van der Waals surface area contributed by atoms with E-state index in [2.05, 4.69) is 29.0 Å². The van der Waals surface area contributed by atoms with E-state index in [9.17, 15) is 4.79 Å². The van der Waals surface area contributed by atoms with Gasteiger partial charge in [-0.15, -0.1) is 0 Å². The summed E-state index contributed by atoms with van der Waals surface area (Å²) in [6.07, 6.45) is 7.41. The van der Waals surface area contributed by atoms with Gasteiger partial charge in [0.15, 0.2) is 0 Å². The van der Waals surface area contributed by atoms with E-state index < -0.39 is 0 Å². The Labute approximate surface area is 145 Å². The predicted octanol–water partition coefficient (Wildman–Crippen LogP) is 3.10. The van der Waals surface area contributed by atoms with Crippen LogP contribution in [0, 0.1) is 0 Å². The highest BCUT2D eigenvalue weighted by atomic mass is 16.5. The first-order chi connectivity index (χ1) is 11.7. The van der Waals surface area contributed by atoms with Crippen molar-refractivity contribution < 1.29 is 9.53 Å². The number of likely N-dealkylation sites (tertiary alicyclic amines) is 2. The maximum absolute atomic E-state index is 12.7. The second-order valence-electron chi connectivity index (χ2n) is 7.19. The molecule has 0 radical (unpaired) electrons. The fourth-order valence-corrected chi connectivity index (χ4v) is 4.30. The number of carbonyl (C=O) groups excluding carboxylic acids is 1. The number of aryl methyl sites for hydroxylation is 1. The smallest absolute Gasteiger partial charge is 0.222 e. The molecule has 132 valence electrons. The Morgan fingerprint density at radius 3 is 2.50 bits per heavy atom. The molecular formula is C20H30N2O2. The normalized spacial score (nSPS) is 24.5. The molecule has 0 aromatic heterocycles. The standard InChI is InChI=1S/C20H30N2O2/c1-21-14-4-7-18(21)19-8-5-15-22(19)20(23)9-3-6-16-10-12-17(24-2)13-11-16/h10-13,18-19H,3-9,14-15H2,1-2H3. The van der Waals surface area contributed by atoms with Crippen molar-refractivity contribution in [2.45, 2.75) is 57.0 Å². The molecule has 1 aromatic rings. The number of methoxy groups -OCH3 is 1. The molecule has 0 aliphatic carbocycles. The van der Waals surface area contributed by atoms with Gasteiger partial charge in [-0.2, -0.15) is 0 Å². The van der Waals surface area contributed by atoms with Crippen molar-refractivity contribution in [3.8, 4) is 5.75 Å². The van der Waals surface area contributed by atoms with Crippen molar-refractivity contribution in [3.63, 3.8) is 0 Å². The van der Waals surface area contributed by atoms with Crippen molar-refractivity contribution in [3.05, 3.63) is 29.8 Å². The Morgan fingerprint density at radius 1 is 1.12 bits per heavy atom. The van der Waals surface area contributed by atoms with Gasteiger partial charge in [0, 0.05) is 25.0 Å². The molecule has 0 saturated carbocycles. The van der Waals surface area contributed by atoms with Crippen LogP contribution in [0.25, 0.3) is 0 Å². The summed E-state index contributed by atoms with van der Waals surface area (Å²) >= 11 is 0. The van der Waals surface area contributed by atoms with Crippen LogP contribution in [0.15, 0.2) is 24.3 Å².